The lowest BCUT2D eigenvalue weighted by atomic mass is 10.2. The van der Waals surface area contributed by atoms with E-state index in [1.54, 1.807) is 0 Å². The van der Waals surface area contributed by atoms with Crippen molar-refractivity contribution < 1.29 is 4.79 Å². The van der Waals surface area contributed by atoms with Crippen LogP contribution < -0.4 is 5.32 Å². The van der Waals surface area contributed by atoms with Crippen LogP contribution in [0.1, 0.15) is 12.8 Å². The molecule has 0 aliphatic carbocycles. The smallest absolute Gasteiger partial charge is 0.238 e. The second kappa shape index (κ2) is 4.07. The first-order chi connectivity index (χ1) is 5.75. The van der Waals surface area contributed by atoms with Crippen LogP contribution in [0.5, 0.6) is 0 Å². The fourth-order valence-electron chi connectivity index (χ4n) is 1.49. The van der Waals surface area contributed by atoms with E-state index >= 15 is 0 Å². The van der Waals surface area contributed by atoms with E-state index in [1.165, 1.54) is 0 Å². The number of likely N-dealkylation sites (N-methyl/N-ethyl adjacent to an activating group) is 1. The second-order valence-electron chi connectivity index (χ2n) is 3.01. The van der Waals surface area contributed by atoms with Crippen molar-refractivity contribution in [3.8, 4) is 6.07 Å². The quantitative estimate of drug-likeness (QED) is 0.575. The third-order valence-electron chi connectivity index (χ3n) is 2.16. The summed E-state index contributed by atoms with van der Waals surface area (Å²) in [7, 11) is 1.93. The lowest BCUT2D eigenvalue weighted by molar-refractivity contribution is -0.124. The number of carbonyl (C=O) groups is 1. The first kappa shape index (κ1) is 9.01. The highest BCUT2D eigenvalue weighted by atomic mass is 16.2. The van der Waals surface area contributed by atoms with Crippen LogP contribution in [0, 0.1) is 11.3 Å². The van der Waals surface area contributed by atoms with E-state index in [9.17, 15) is 4.79 Å². The zero-order chi connectivity index (χ0) is 8.97. The topological polar surface area (TPSA) is 56.1 Å². The Morgan fingerprint density at radius 1 is 1.83 bits per heavy atom. The van der Waals surface area contributed by atoms with Crippen molar-refractivity contribution in [3.63, 3.8) is 0 Å². The predicted molar refractivity (Wildman–Crippen MR) is 44.3 cm³/mol. The lowest BCUT2D eigenvalue weighted by Crippen LogP contribution is -2.41. The summed E-state index contributed by atoms with van der Waals surface area (Å²) >= 11 is 0. The maximum absolute atomic E-state index is 11.3. The number of rotatable bonds is 2. The molecule has 0 bridgehead atoms. The molecule has 1 amide bonds. The number of likely N-dealkylation sites (tertiary alicyclic amines) is 1. The summed E-state index contributed by atoms with van der Waals surface area (Å²) in [4.78, 5) is 13.3. The third-order valence-corrected chi connectivity index (χ3v) is 2.16. The zero-order valence-electron chi connectivity index (χ0n) is 7.21. The van der Waals surface area contributed by atoms with Gasteiger partial charge in [-0.1, -0.05) is 0 Å². The van der Waals surface area contributed by atoms with E-state index in [-0.39, 0.29) is 18.5 Å². The number of carbonyl (C=O) groups excluding carboxylic acids is 1. The largest absolute Gasteiger partial charge is 0.342 e. The molecule has 0 radical (unpaired) electrons. The second-order valence-corrected chi connectivity index (χ2v) is 3.01. The third kappa shape index (κ3) is 1.95. The van der Waals surface area contributed by atoms with Gasteiger partial charge in [-0.25, -0.2) is 0 Å². The summed E-state index contributed by atoms with van der Waals surface area (Å²) in [5, 5.41) is 10.8. The monoisotopic (exact) mass is 167 g/mol. The van der Waals surface area contributed by atoms with Gasteiger partial charge < -0.3 is 5.32 Å². The molecule has 1 heterocycles. The highest BCUT2D eigenvalue weighted by Gasteiger charge is 2.26. The highest BCUT2D eigenvalue weighted by molar-refractivity contribution is 5.82. The molecule has 0 saturated carbocycles. The summed E-state index contributed by atoms with van der Waals surface area (Å²) in [6.07, 6.45) is 1.98. The van der Waals surface area contributed by atoms with E-state index in [0.717, 1.165) is 19.4 Å². The Hall–Kier alpha value is -1.08. The van der Waals surface area contributed by atoms with E-state index in [0.29, 0.717) is 0 Å². The fourth-order valence-corrected chi connectivity index (χ4v) is 1.49. The minimum Gasteiger partial charge on any atom is -0.342 e. The Morgan fingerprint density at radius 3 is 3.08 bits per heavy atom. The molecule has 1 rings (SSSR count). The molecule has 1 aliphatic rings. The molecule has 0 aromatic carbocycles. The summed E-state index contributed by atoms with van der Waals surface area (Å²) in [6.45, 7) is 1.09. The van der Waals surface area contributed by atoms with E-state index < -0.39 is 0 Å². The van der Waals surface area contributed by atoms with Crippen LogP contribution in [-0.4, -0.2) is 37.0 Å². The van der Waals surface area contributed by atoms with Gasteiger partial charge in [0.05, 0.1) is 12.1 Å². The van der Waals surface area contributed by atoms with Gasteiger partial charge in [-0.05, 0) is 26.4 Å². The van der Waals surface area contributed by atoms with Gasteiger partial charge in [0, 0.05) is 0 Å². The molecule has 66 valence electrons. The maximum atomic E-state index is 11.3. The Bertz CT molecular complexity index is 209. The molecule has 0 aromatic rings. The van der Waals surface area contributed by atoms with Gasteiger partial charge in [0.25, 0.3) is 0 Å². The summed E-state index contributed by atoms with van der Waals surface area (Å²) in [6, 6.07) is 1.87. The molecule has 12 heavy (non-hydrogen) atoms. The van der Waals surface area contributed by atoms with Gasteiger partial charge in [-0.15, -0.1) is 0 Å². The highest BCUT2D eigenvalue weighted by Crippen LogP contribution is 2.14. The van der Waals surface area contributed by atoms with Crippen molar-refractivity contribution in [3.05, 3.63) is 0 Å². The van der Waals surface area contributed by atoms with Crippen LogP contribution in [-0.2, 0) is 4.79 Å². The average molecular weight is 167 g/mol. The van der Waals surface area contributed by atoms with Gasteiger partial charge in [0.1, 0.15) is 6.54 Å². The summed E-state index contributed by atoms with van der Waals surface area (Å²) < 4.78 is 0. The normalized spacial score (nSPS) is 23.5. The first-order valence-electron chi connectivity index (χ1n) is 4.10. The first-order valence-corrected chi connectivity index (χ1v) is 4.10. The van der Waals surface area contributed by atoms with Crippen molar-refractivity contribution >= 4 is 5.91 Å². The van der Waals surface area contributed by atoms with E-state index in [2.05, 4.69) is 5.32 Å². The van der Waals surface area contributed by atoms with Gasteiger partial charge in [0.15, 0.2) is 0 Å². The number of hydrogen-bond acceptors (Lipinski definition) is 3. The van der Waals surface area contributed by atoms with Crippen LogP contribution in [0.25, 0.3) is 0 Å². The van der Waals surface area contributed by atoms with Crippen molar-refractivity contribution in [1.29, 1.82) is 5.26 Å². The molecule has 1 saturated heterocycles. The molecule has 1 fully saturated rings. The number of nitrogens with zero attached hydrogens (tertiary/aromatic N) is 2. The molecule has 4 heteroatoms. The molecular formula is C8H13N3O. The molecule has 1 atom stereocenters. The van der Waals surface area contributed by atoms with Gasteiger partial charge >= 0.3 is 0 Å². The molecule has 0 aromatic heterocycles. The summed E-state index contributed by atoms with van der Waals surface area (Å²) in [5.41, 5.74) is 0. The fraction of sp³-hybridized carbons (Fsp3) is 0.750. The van der Waals surface area contributed by atoms with Gasteiger partial charge in [-0.2, -0.15) is 5.26 Å². The number of hydrogen-bond donors (Lipinski definition) is 1. The number of amides is 1. The minimum atomic E-state index is -0.0171. The summed E-state index contributed by atoms with van der Waals surface area (Å²) in [5.74, 6) is -0.0171. The molecule has 1 unspecified atom stereocenters. The van der Waals surface area contributed by atoms with Crippen LogP contribution in [0.2, 0.25) is 0 Å². The number of nitriles is 1. The van der Waals surface area contributed by atoms with Crippen LogP contribution in [0.15, 0.2) is 0 Å². The zero-order valence-corrected chi connectivity index (χ0v) is 7.21. The molecular weight excluding hydrogens is 154 g/mol. The predicted octanol–water partition coefficient (Wildman–Crippen LogP) is -0.280. The Balaban J connectivity index is 2.37. The van der Waals surface area contributed by atoms with Crippen molar-refractivity contribution in [2.24, 2.45) is 0 Å². The van der Waals surface area contributed by atoms with Crippen molar-refractivity contribution in [2.45, 2.75) is 18.9 Å². The molecule has 4 nitrogen and oxygen atoms in total. The van der Waals surface area contributed by atoms with E-state index in [1.807, 2.05) is 18.0 Å². The SMILES string of the molecule is CN1CCCC1C(=O)NCC#N. The minimum absolute atomic E-state index is 0.0154. The Labute approximate surface area is 72.2 Å². The van der Waals surface area contributed by atoms with E-state index in [4.69, 9.17) is 5.26 Å². The van der Waals surface area contributed by atoms with Crippen LogP contribution >= 0.6 is 0 Å². The Kier molecular flexibility index (Phi) is 3.06. The van der Waals surface area contributed by atoms with Gasteiger partial charge in [0.2, 0.25) is 5.91 Å². The van der Waals surface area contributed by atoms with Gasteiger partial charge in [-0.3, -0.25) is 9.69 Å². The van der Waals surface area contributed by atoms with Crippen LogP contribution in [0.4, 0.5) is 0 Å². The van der Waals surface area contributed by atoms with Crippen molar-refractivity contribution in [2.75, 3.05) is 20.1 Å². The molecule has 0 spiro atoms. The standard InChI is InChI=1S/C8H13N3O/c1-11-6-2-3-7(11)8(12)10-5-4-9/h7H,2-3,5-6H2,1H3,(H,10,12). The number of nitrogens with one attached hydrogen (secondary N) is 1. The Morgan fingerprint density at radius 2 is 2.58 bits per heavy atom. The lowest BCUT2D eigenvalue weighted by Gasteiger charge is -2.17. The molecule has 1 N–H and O–H groups in total. The maximum Gasteiger partial charge on any atom is 0.238 e. The van der Waals surface area contributed by atoms with Crippen molar-refractivity contribution in [1.82, 2.24) is 10.2 Å². The van der Waals surface area contributed by atoms with Crippen LogP contribution in [0.3, 0.4) is 0 Å². The molecule has 1 aliphatic heterocycles. The average Bonchev–Trinajstić information content (AvgIpc) is 2.47.